The van der Waals surface area contributed by atoms with E-state index in [1.165, 1.54) is 0 Å². The smallest absolute Gasteiger partial charge is 0.240 e. The fourth-order valence-electron chi connectivity index (χ4n) is 4.63. The molecule has 1 aliphatic carbocycles. The topological polar surface area (TPSA) is 81.7 Å². The molecular formula is C28H31NO5S. The van der Waals surface area contributed by atoms with Crippen molar-refractivity contribution in [1.82, 2.24) is 4.72 Å². The largest absolute Gasteiger partial charge is 0.454 e. The molecule has 1 saturated carbocycles. The van der Waals surface area contributed by atoms with Crippen LogP contribution >= 0.6 is 0 Å². The number of hydrogen-bond acceptors (Lipinski definition) is 5. The monoisotopic (exact) mass is 493 g/mol. The number of ketones is 1. The molecule has 1 fully saturated rings. The Bertz CT molecular complexity index is 1380. The molecule has 5 rings (SSSR count). The van der Waals surface area contributed by atoms with E-state index in [-0.39, 0.29) is 18.9 Å². The number of fused-ring (bicyclic) bond motifs is 1. The third kappa shape index (κ3) is 4.58. The molecule has 0 amide bonds. The van der Waals surface area contributed by atoms with Gasteiger partial charge in [-0.25, -0.2) is 13.1 Å². The third-order valence-corrected chi connectivity index (χ3v) is 8.37. The van der Waals surface area contributed by atoms with Crippen molar-refractivity contribution in [1.29, 1.82) is 0 Å². The lowest BCUT2D eigenvalue weighted by atomic mass is 9.87. The molecule has 0 aromatic heterocycles. The number of carbonyl (C=O) groups is 1. The summed E-state index contributed by atoms with van der Waals surface area (Å²) in [4.78, 5) is 13.7. The zero-order valence-corrected chi connectivity index (χ0v) is 20.8. The molecule has 0 saturated heterocycles. The highest BCUT2D eigenvalue weighted by Gasteiger charge is 2.50. The van der Waals surface area contributed by atoms with Crippen LogP contribution in [-0.4, -0.2) is 27.5 Å². The molecule has 0 unspecified atom stereocenters. The molecular weight excluding hydrogens is 462 g/mol. The molecule has 7 heteroatoms. The normalized spacial score (nSPS) is 15.7. The van der Waals surface area contributed by atoms with Crippen LogP contribution in [0, 0.1) is 6.92 Å². The lowest BCUT2D eigenvalue weighted by Crippen LogP contribution is -2.24. The zero-order chi connectivity index (χ0) is 24.6. The van der Waals surface area contributed by atoms with Crippen LogP contribution in [0.3, 0.4) is 0 Å². The van der Waals surface area contributed by atoms with E-state index in [0.717, 1.165) is 52.8 Å². The van der Waals surface area contributed by atoms with Crippen LogP contribution in [0.2, 0.25) is 0 Å². The van der Waals surface area contributed by atoms with Crippen molar-refractivity contribution in [2.45, 2.75) is 49.8 Å². The van der Waals surface area contributed by atoms with Crippen molar-refractivity contribution >= 4 is 15.8 Å². The van der Waals surface area contributed by atoms with E-state index in [1.807, 2.05) is 62.4 Å². The van der Waals surface area contributed by atoms with Crippen LogP contribution in [0.4, 0.5) is 0 Å². The van der Waals surface area contributed by atoms with Crippen LogP contribution in [0.25, 0.3) is 11.1 Å². The van der Waals surface area contributed by atoms with Crippen molar-refractivity contribution in [2.75, 3.05) is 13.3 Å². The van der Waals surface area contributed by atoms with Gasteiger partial charge in [-0.05, 0) is 78.3 Å². The molecule has 184 valence electrons. The molecule has 1 aliphatic heterocycles. The van der Waals surface area contributed by atoms with Gasteiger partial charge in [-0.3, -0.25) is 4.79 Å². The van der Waals surface area contributed by atoms with E-state index in [4.69, 9.17) is 9.47 Å². The molecule has 0 radical (unpaired) electrons. The predicted octanol–water partition coefficient (Wildman–Crippen LogP) is 5.17. The minimum Gasteiger partial charge on any atom is -0.454 e. The summed E-state index contributed by atoms with van der Waals surface area (Å²) in [5.74, 6) is 1.63. The Morgan fingerprint density at radius 1 is 1.00 bits per heavy atom. The van der Waals surface area contributed by atoms with Crippen molar-refractivity contribution in [3.8, 4) is 22.6 Å². The molecule has 6 nitrogen and oxygen atoms in total. The molecule has 2 aliphatic rings. The Morgan fingerprint density at radius 2 is 1.74 bits per heavy atom. The number of sulfonamides is 1. The Morgan fingerprint density at radius 3 is 2.46 bits per heavy atom. The average Bonchev–Trinajstić information content (AvgIpc) is 3.55. The summed E-state index contributed by atoms with van der Waals surface area (Å²) in [7, 11) is -3.51. The van der Waals surface area contributed by atoms with Crippen molar-refractivity contribution < 1.29 is 24.1 Å². The minimum atomic E-state index is -3.51. The van der Waals surface area contributed by atoms with E-state index in [2.05, 4.69) is 4.72 Å². The maximum Gasteiger partial charge on any atom is 0.240 e. The van der Waals surface area contributed by atoms with Gasteiger partial charge >= 0.3 is 0 Å². The fourth-order valence-corrected chi connectivity index (χ4v) is 5.76. The molecule has 3 aromatic carbocycles. The summed E-state index contributed by atoms with van der Waals surface area (Å²) >= 11 is 0. The molecule has 3 aromatic rings. The van der Waals surface area contributed by atoms with Gasteiger partial charge in [-0.1, -0.05) is 43.3 Å². The third-order valence-electron chi connectivity index (χ3n) is 6.89. The Labute approximate surface area is 207 Å². The highest BCUT2D eigenvalue weighted by atomic mass is 32.2. The number of carbonyl (C=O) groups excluding carboxylic acids is 1. The number of Topliss-reactive ketones (excluding diaryl/α,β-unsaturated/α-hetero) is 1. The first-order chi connectivity index (χ1) is 16.8. The maximum absolute atomic E-state index is 13.4. The second-order valence-electron chi connectivity index (χ2n) is 9.32. The summed E-state index contributed by atoms with van der Waals surface area (Å²) in [6.07, 6.45) is 2.76. The van der Waals surface area contributed by atoms with Gasteiger partial charge < -0.3 is 9.47 Å². The van der Waals surface area contributed by atoms with E-state index < -0.39 is 15.4 Å². The van der Waals surface area contributed by atoms with Gasteiger partial charge in [-0.15, -0.1) is 0 Å². The maximum atomic E-state index is 13.4. The molecule has 0 atom stereocenters. The van der Waals surface area contributed by atoms with Crippen LogP contribution in [0.1, 0.15) is 44.3 Å². The minimum absolute atomic E-state index is 0. The first kappa shape index (κ1) is 23.6. The molecule has 0 bridgehead atoms. The van der Waals surface area contributed by atoms with Crippen molar-refractivity contribution in [3.05, 3.63) is 77.4 Å². The summed E-state index contributed by atoms with van der Waals surface area (Å²) in [5.41, 5.74) is 4.47. The fraction of sp³-hybridized carbons (Fsp3) is 0.321. The van der Waals surface area contributed by atoms with Crippen LogP contribution in [0.15, 0.2) is 65.6 Å². The Hall–Kier alpha value is -3.16. The van der Waals surface area contributed by atoms with Gasteiger partial charge in [-0.2, -0.15) is 0 Å². The number of aryl methyl sites for hydroxylation is 1. The SMILES string of the molecule is CCCNS(=O)(=O)c1ccc(-c2cc(CC(=O)C3(c4ccc5c(c4)OCO5)CC3)ccc2C)cc1.[HH]. The van der Waals surface area contributed by atoms with Crippen molar-refractivity contribution in [3.63, 3.8) is 0 Å². The van der Waals surface area contributed by atoms with Gasteiger partial charge in [0.25, 0.3) is 0 Å². The quantitative estimate of drug-likeness (QED) is 0.445. The summed E-state index contributed by atoms with van der Waals surface area (Å²) < 4.78 is 38.3. The number of benzene rings is 3. The molecule has 0 spiro atoms. The molecule has 35 heavy (non-hydrogen) atoms. The van der Waals surface area contributed by atoms with Crippen LogP contribution in [0.5, 0.6) is 11.5 Å². The average molecular weight is 494 g/mol. The number of rotatable bonds is 9. The standard InChI is InChI=1S/C28H29NO5S.H2/c1-3-14-29-35(31,32)23-9-6-21(7-10-23)24-15-20(5-4-19(24)2)16-27(30)28(12-13-28)22-8-11-25-26(17-22)34-18-33-25;/h4-11,15,17,29H,3,12-14,16,18H2,1-2H3;1H. The van der Waals surface area contributed by atoms with Gasteiger partial charge in [0.15, 0.2) is 11.5 Å². The highest BCUT2D eigenvalue weighted by Crippen LogP contribution is 2.51. The van der Waals surface area contributed by atoms with Crippen molar-refractivity contribution in [2.24, 2.45) is 0 Å². The van der Waals surface area contributed by atoms with Gasteiger partial charge in [0.1, 0.15) is 5.78 Å². The lowest BCUT2D eigenvalue weighted by molar-refractivity contribution is -0.120. The zero-order valence-electron chi connectivity index (χ0n) is 20.0. The lowest BCUT2D eigenvalue weighted by Gasteiger charge is -2.16. The van der Waals surface area contributed by atoms with Gasteiger partial charge in [0.2, 0.25) is 16.8 Å². The van der Waals surface area contributed by atoms with Gasteiger partial charge in [0, 0.05) is 14.4 Å². The second-order valence-corrected chi connectivity index (χ2v) is 11.1. The number of ether oxygens (including phenoxy) is 2. The summed E-state index contributed by atoms with van der Waals surface area (Å²) in [6, 6.07) is 18.8. The Kier molecular flexibility index (Phi) is 6.15. The second kappa shape index (κ2) is 9.13. The first-order valence-electron chi connectivity index (χ1n) is 12.0. The number of hydrogen-bond donors (Lipinski definition) is 1. The Balaban J connectivity index is 0.00000304. The number of nitrogens with one attached hydrogen (secondary N) is 1. The van der Waals surface area contributed by atoms with Crippen LogP contribution in [-0.2, 0) is 26.7 Å². The van der Waals surface area contributed by atoms with E-state index >= 15 is 0 Å². The summed E-state index contributed by atoms with van der Waals surface area (Å²) in [6.45, 7) is 4.57. The highest BCUT2D eigenvalue weighted by molar-refractivity contribution is 7.89. The molecule has 1 N–H and O–H groups in total. The first-order valence-corrected chi connectivity index (χ1v) is 13.4. The summed E-state index contributed by atoms with van der Waals surface area (Å²) in [5, 5.41) is 0. The van der Waals surface area contributed by atoms with Crippen LogP contribution < -0.4 is 14.2 Å². The van der Waals surface area contributed by atoms with E-state index in [0.29, 0.717) is 18.7 Å². The molecule has 1 heterocycles. The predicted molar refractivity (Wildman–Crippen MR) is 136 cm³/mol. The van der Waals surface area contributed by atoms with Gasteiger partial charge in [0.05, 0.1) is 10.3 Å². The van der Waals surface area contributed by atoms with E-state index in [9.17, 15) is 13.2 Å². The van der Waals surface area contributed by atoms with E-state index in [1.54, 1.807) is 12.1 Å².